The molecule has 0 bridgehead atoms. The Labute approximate surface area is 122 Å². The second kappa shape index (κ2) is 8.39. The van der Waals surface area contributed by atoms with E-state index in [2.05, 4.69) is 12.2 Å². The molecule has 1 N–H and O–H groups in total. The van der Waals surface area contributed by atoms with Crippen LogP contribution in [0.1, 0.15) is 25.8 Å². The van der Waals surface area contributed by atoms with Gasteiger partial charge in [0.05, 0.1) is 17.3 Å². The third-order valence-electron chi connectivity index (χ3n) is 3.20. The first-order valence-corrected chi connectivity index (χ1v) is 8.72. The summed E-state index contributed by atoms with van der Waals surface area (Å²) in [5.41, 5.74) is 1.12. The van der Waals surface area contributed by atoms with Crippen molar-refractivity contribution in [1.29, 1.82) is 0 Å². The topological polar surface area (TPSA) is 55.4 Å². The summed E-state index contributed by atoms with van der Waals surface area (Å²) in [5, 5.41) is 3.43. The molecule has 0 aliphatic carbocycles. The normalized spacial score (nSPS) is 13.3. The van der Waals surface area contributed by atoms with Gasteiger partial charge in [0.2, 0.25) is 0 Å². The Morgan fingerprint density at radius 1 is 1.20 bits per heavy atom. The number of rotatable bonds is 9. The quantitative estimate of drug-likeness (QED) is 0.758. The fourth-order valence-electron chi connectivity index (χ4n) is 2.02. The van der Waals surface area contributed by atoms with Crippen molar-refractivity contribution in [3.63, 3.8) is 0 Å². The summed E-state index contributed by atoms with van der Waals surface area (Å²) < 4.78 is 28.7. The third kappa shape index (κ3) is 5.23. The molecule has 0 fully saturated rings. The van der Waals surface area contributed by atoms with E-state index in [1.165, 1.54) is 0 Å². The average molecular weight is 299 g/mol. The monoisotopic (exact) mass is 299 g/mol. The molecule has 20 heavy (non-hydrogen) atoms. The van der Waals surface area contributed by atoms with Crippen LogP contribution in [-0.4, -0.2) is 40.5 Å². The van der Waals surface area contributed by atoms with Crippen LogP contribution in [0.4, 0.5) is 0 Å². The molecule has 0 saturated carbocycles. The Kier molecular flexibility index (Phi) is 7.19. The minimum absolute atomic E-state index is 0.136. The predicted octanol–water partition coefficient (Wildman–Crippen LogP) is 2.04. The molecule has 0 radical (unpaired) electrons. The summed E-state index contributed by atoms with van der Waals surface area (Å²) in [5.74, 6) is 0.136. The highest BCUT2D eigenvalue weighted by atomic mass is 32.2. The average Bonchev–Trinajstić information content (AvgIpc) is 2.45. The molecule has 0 aromatic heterocycles. The van der Waals surface area contributed by atoms with Gasteiger partial charge in [0.25, 0.3) is 0 Å². The lowest BCUT2D eigenvalue weighted by molar-refractivity contribution is 0.166. The molecule has 1 unspecified atom stereocenters. The third-order valence-corrected chi connectivity index (χ3v) is 4.95. The van der Waals surface area contributed by atoms with Crippen molar-refractivity contribution in [2.45, 2.75) is 37.6 Å². The Balaban J connectivity index is 2.72. The summed E-state index contributed by atoms with van der Waals surface area (Å²) in [6.45, 7) is 5.39. The highest BCUT2D eigenvalue weighted by Crippen LogP contribution is 2.13. The largest absolute Gasteiger partial charge is 0.383 e. The van der Waals surface area contributed by atoms with E-state index in [1.54, 1.807) is 26.2 Å². The first-order valence-electron chi connectivity index (χ1n) is 7.07. The van der Waals surface area contributed by atoms with Crippen LogP contribution in [0, 0.1) is 0 Å². The van der Waals surface area contributed by atoms with Gasteiger partial charge >= 0.3 is 0 Å². The highest BCUT2D eigenvalue weighted by Gasteiger charge is 2.12. The van der Waals surface area contributed by atoms with Crippen LogP contribution in [0.5, 0.6) is 0 Å². The van der Waals surface area contributed by atoms with Crippen LogP contribution in [-0.2, 0) is 21.0 Å². The summed E-state index contributed by atoms with van der Waals surface area (Å²) in [6.07, 6.45) is 1.91. The Hall–Kier alpha value is -0.910. The van der Waals surface area contributed by atoms with E-state index >= 15 is 0 Å². The van der Waals surface area contributed by atoms with Gasteiger partial charge in [-0.3, -0.25) is 0 Å². The molecule has 114 valence electrons. The number of ether oxygens (including phenoxy) is 1. The summed E-state index contributed by atoms with van der Waals surface area (Å²) >= 11 is 0. The van der Waals surface area contributed by atoms with Crippen molar-refractivity contribution in [2.24, 2.45) is 0 Å². The lowest BCUT2D eigenvalue weighted by atomic mass is 10.1. The molecule has 5 heteroatoms. The standard InChI is InChI=1S/C15H25NO3S/c1-4-10-16-14(12-19-3)11-13-6-8-15(9-7-13)20(17,18)5-2/h6-9,14,16H,4-5,10-12H2,1-3H3. The molecule has 1 aromatic rings. The summed E-state index contributed by atoms with van der Waals surface area (Å²) in [6, 6.07) is 7.42. The molecule has 0 saturated heterocycles. The van der Waals surface area contributed by atoms with Gasteiger partial charge in [-0.15, -0.1) is 0 Å². The van der Waals surface area contributed by atoms with Crippen LogP contribution in [0.3, 0.4) is 0 Å². The molecule has 1 atom stereocenters. The lowest BCUT2D eigenvalue weighted by Gasteiger charge is -2.17. The summed E-state index contributed by atoms with van der Waals surface area (Å²) in [4.78, 5) is 0.397. The maximum Gasteiger partial charge on any atom is 0.178 e. The summed E-state index contributed by atoms with van der Waals surface area (Å²) in [7, 11) is -1.42. The molecule has 4 nitrogen and oxygen atoms in total. The van der Waals surface area contributed by atoms with E-state index in [0.717, 1.165) is 24.9 Å². The van der Waals surface area contributed by atoms with Crippen molar-refractivity contribution in [1.82, 2.24) is 5.32 Å². The maximum atomic E-state index is 11.7. The van der Waals surface area contributed by atoms with Gasteiger partial charge in [0, 0.05) is 13.2 Å². The second-order valence-corrected chi connectivity index (χ2v) is 7.14. The Morgan fingerprint density at radius 3 is 2.35 bits per heavy atom. The highest BCUT2D eigenvalue weighted by molar-refractivity contribution is 7.91. The fourth-order valence-corrected chi connectivity index (χ4v) is 2.91. The molecular weight excluding hydrogens is 274 g/mol. The smallest absolute Gasteiger partial charge is 0.178 e. The molecule has 0 spiro atoms. The van der Waals surface area contributed by atoms with Crippen LogP contribution in [0.15, 0.2) is 29.2 Å². The van der Waals surface area contributed by atoms with Gasteiger partial charge in [0.1, 0.15) is 0 Å². The van der Waals surface area contributed by atoms with Gasteiger partial charge in [0.15, 0.2) is 9.84 Å². The Morgan fingerprint density at radius 2 is 1.85 bits per heavy atom. The number of benzene rings is 1. The number of hydrogen-bond donors (Lipinski definition) is 1. The van der Waals surface area contributed by atoms with Crippen LogP contribution in [0.2, 0.25) is 0 Å². The van der Waals surface area contributed by atoms with Gasteiger partial charge < -0.3 is 10.1 Å². The molecular formula is C15H25NO3S. The molecule has 0 amide bonds. The van der Waals surface area contributed by atoms with E-state index in [4.69, 9.17) is 4.74 Å². The predicted molar refractivity (Wildman–Crippen MR) is 81.8 cm³/mol. The Bertz CT molecular complexity index is 482. The number of sulfone groups is 1. The molecule has 0 aliphatic heterocycles. The van der Waals surface area contributed by atoms with Gasteiger partial charge in [-0.05, 0) is 37.1 Å². The van der Waals surface area contributed by atoms with Crippen molar-refractivity contribution in [2.75, 3.05) is 26.0 Å². The van der Waals surface area contributed by atoms with Crippen LogP contribution in [0.25, 0.3) is 0 Å². The van der Waals surface area contributed by atoms with Crippen molar-refractivity contribution < 1.29 is 13.2 Å². The molecule has 0 heterocycles. The van der Waals surface area contributed by atoms with Crippen molar-refractivity contribution in [3.05, 3.63) is 29.8 Å². The van der Waals surface area contributed by atoms with Crippen LogP contribution < -0.4 is 5.32 Å². The van der Waals surface area contributed by atoms with E-state index < -0.39 is 9.84 Å². The first kappa shape index (κ1) is 17.1. The first-order chi connectivity index (χ1) is 9.53. The van der Waals surface area contributed by atoms with Gasteiger partial charge in [-0.25, -0.2) is 8.42 Å². The minimum Gasteiger partial charge on any atom is -0.383 e. The van der Waals surface area contributed by atoms with Crippen molar-refractivity contribution in [3.8, 4) is 0 Å². The van der Waals surface area contributed by atoms with Crippen LogP contribution >= 0.6 is 0 Å². The van der Waals surface area contributed by atoms with Crippen molar-refractivity contribution >= 4 is 9.84 Å². The zero-order valence-electron chi connectivity index (χ0n) is 12.6. The van der Waals surface area contributed by atoms with Gasteiger partial charge in [-0.1, -0.05) is 26.0 Å². The zero-order chi connectivity index (χ0) is 15.0. The lowest BCUT2D eigenvalue weighted by Crippen LogP contribution is -2.35. The van der Waals surface area contributed by atoms with E-state index in [0.29, 0.717) is 11.5 Å². The number of hydrogen-bond acceptors (Lipinski definition) is 4. The fraction of sp³-hybridized carbons (Fsp3) is 0.600. The van der Waals surface area contributed by atoms with E-state index in [1.807, 2.05) is 12.1 Å². The SMILES string of the molecule is CCCNC(COC)Cc1ccc(S(=O)(=O)CC)cc1. The van der Waals surface area contributed by atoms with Gasteiger partial charge in [-0.2, -0.15) is 0 Å². The van der Waals surface area contributed by atoms with E-state index in [-0.39, 0.29) is 11.8 Å². The second-order valence-electron chi connectivity index (χ2n) is 4.86. The molecule has 1 aromatic carbocycles. The molecule has 1 rings (SSSR count). The molecule has 0 aliphatic rings. The maximum absolute atomic E-state index is 11.7. The number of methoxy groups -OCH3 is 1. The zero-order valence-corrected chi connectivity index (χ0v) is 13.4. The minimum atomic E-state index is -3.11. The number of nitrogens with one attached hydrogen (secondary N) is 1. The van der Waals surface area contributed by atoms with E-state index in [9.17, 15) is 8.42 Å².